The Morgan fingerprint density at radius 2 is 1.80 bits per heavy atom. The van der Waals surface area contributed by atoms with Crippen LogP contribution in [0.2, 0.25) is 0 Å². The second-order valence-corrected chi connectivity index (χ2v) is 12.1. The van der Waals surface area contributed by atoms with E-state index in [0.29, 0.717) is 41.6 Å². The predicted octanol–water partition coefficient (Wildman–Crippen LogP) is 5.62. The third-order valence-electron chi connectivity index (χ3n) is 8.28. The van der Waals surface area contributed by atoms with Crippen molar-refractivity contribution in [3.8, 4) is 11.5 Å². The van der Waals surface area contributed by atoms with Crippen LogP contribution < -0.4 is 14.8 Å². The van der Waals surface area contributed by atoms with Crippen LogP contribution in [-0.2, 0) is 33.5 Å². The summed E-state index contributed by atoms with van der Waals surface area (Å²) in [6.07, 6.45) is -3.78. The van der Waals surface area contributed by atoms with Crippen LogP contribution in [0.15, 0.2) is 66.7 Å². The molecular weight excluding hydrogens is 577 g/mol. The number of amides is 1. The summed E-state index contributed by atoms with van der Waals surface area (Å²) in [5.41, 5.74) is 0.817. The van der Waals surface area contributed by atoms with Crippen molar-refractivity contribution in [1.29, 1.82) is 0 Å². The van der Waals surface area contributed by atoms with Gasteiger partial charge in [-0.25, -0.2) is 4.39 Å². The summed E-state index contributed by atoms with van der Waals surface area (Å²) < 4.78 is 59.1. The van der Waals surface area contributed by atoms with Gasteiger partial charge in [-0.3, -0.25) is 4.79 Å². The van der Waals surface area contributed by atoms with Crippen LogP contribution in [0.1, 0.15) is 43.5 Å². The van der Waals surface area contributed by atoms with Crippen molar-refractivity contribution in [2.45, 2.75) is 63.1 Å². The molecule has 11 heteroatoms. The smallest absolute Gasteiger partial charge is 0.395 e. The highest BCUT2D eigenvalue weighted by molar-refractivity contribution is 6.03. The molecule has 1 saturated carbocycles. The summed E-state index contributed by atoms with van der Waals surface area (Å²) >= 11 is 0. The van der Waals surface area contributed by atoms with E-state index in [1.54, 1.807) is 4.57 Å². The highest BCUT2D eigenvalue weighted by Crippen LogP contribution is 2.52. The van der Waals surface area contributed by atoms with E-state index >= 15 is 4.39 Å². The molecule has 6 rings (SSSR count). The summed E-state index contributed by atoms with van der Waals surface area (Å²) in [6, 6.07) is 18.4. The van der Waals surface area contributed by atoms with Crippen LogP contribution >= 0.6 is 0 Å². The summed E-state index contributed by atoms with van der Waals surface area (Å²) in [7, 11) is 0. The first-order chi connectivity index (χ1) is 20.9. The van der Waals surface area contributed by atoms with Gasteiger partial charge in [-0.2, -0.15) is 0 Å². The van der Waals surface area contributed by atoms with E-state index < -0.39 is 35.0 Å². The fourth-order valence-corrected chi connectivity index (χ4v) is 5.63. The molecule has 2 aliphatic rings. The number of halogens is 3. The van der Waals surface area contributed by atoms with E-state index in [-0.39, 0.29) is 36.9 Å². The Morgan fingerprint density at radius 3 is 2.50 bits per heavy atom. The molecule has 8 nitrogen and oxygen atoms in total. The molecule has 1 aliphatic carbocycles. The number of aromatic nitrogens is 1. The van der Waals surface area contributed by atoms with Gasteiger partial charge in [0.25, 0.3) is 0 Å². The lowest BCUT2D eigenvalue weighted by molar-refractivity contribution is -0.286. The van der Waals surface area contributed by atoms with Crippen LogP contribution in [0.25, 0.3) is 10.9 Å². The van der Waals surface area contributed by atoms with Crippen molar-refractivity contribution in [3.05, 3.63) is 89.4 Å². The molecule has 1 aromatic heterocycles. The SMILES string of the molecule is CC(C)(CO)c1cc2cc(NC(=O)C3(c4ccc5c(c4)OC(F)(F)O5)CC3)c(F)cc2n1C[C@@H](O)COCc1ccccc1. The average molecular weight is 611 g/mol. The lowest BCUT2D eigenvalue weighted by atomic mass is 9.90. The molecular formula is C33H33F3N2O6. The standard InChI is InChI=1S/C33H33F3N2O6/c1-31(2,19-39)29-13-21-12-25(24(34)15-26(21)38(29)16-23(40)18-42-17-20-6-4-3-5-7-20)37-30(41)32(10-11-32)22-8-9-27-28(14-22)44-33(35,36)43-27/h3-9,12-15,23,39-40H,10-11,16-19H2,1-2H3,(H,37,41)/t23-/m1/s1. The number of nitrogens with one attached hydrogen (secondary N) is 1. The van der Waals surface area contributed by atoms with Gasteiger partial charge in [-0.05, 0) is 48.2 Å². The highest BCUT2D eigenvalue weighted by Gasteiger charge is 2.53. The monoisotopic (exact) mass is 610 g/mol. The number of rotatable bonds is 11. The number of benzene rings is 3. The Labute approximate surface area is 252 Å². The number of carbonyl (C=O) groups is 1. The summed E-state index contributed by atoms with van der Waals surface area (Å²) in [5, 5.41) is 24.3. The number of carbonyl (C=O) groups excluding carboxylic acids is 1. The van der Waals surface area contributed by atoms with Crippen LogP contribution in [0.4, 0.5) is 18.9 Å². The number of hydrogen-bond donors (Lipinski definition) is 3. The lowest BCUT2D eigenvalue weighted by Gasteiger charge is -2.26. The predicted molar refractivity (Wildman–Crippen MR) is 156 cm³/mol. The maximum Gasteiger partial charge on any atom is 0.586 e. The van der Waals surface area contributed by atoms with Crippen molar-refractivity contribution < 1.29 is 42.4 Å². The molecule has 1 aliphatic heterocycles. The van der Waals surface area contributed by atoms with Crippen LogP contribution in [0.3, 0.4) is 0 Å². The Bertz CT molecular complexity index is 1700. The molecule has 1 amide bonds. The third kappa shape index (κ3) is 5.74. The zero-order valence-corrected chi connectivity index (χ0v) is 24.3. The maximum atomic E-state index is 15.6. The number of hydrogen-bond acceptors (Lipinski definition) is 6. The number of ether oxygens (including phenoxy) is 3. The second kappa shape index (κ2) is 11.1. The summed E-state index contributed by atoms with van der Waals surface area (Å²) in [6.45, 7) is 3.95. The largest absolute Gasteiger partial charge is 0.586 e. The quantitative estimate of drug-likeness (QED) is 0.204. The van der Waals surface area contributed by atoms with Crippen LogP contribution in [0, 0.1) is 5.82 Å². The molecule has 3 N–H and O–H groups in total. The van der Waals surface area contributed by atoms with E-state index in [4.69, 9.17) is 4.74 Å². The first-order valence-electron chi connectivity index (χ1n) is 14.4. The molecule has 0 unspecified atom stereocenters. The number of aliphatic hydroxyl groups is 2. The molecule has 44 heavy (non-hydrogen) atoms. The van der Waals surface area contributed by atoms with Gasteiger partial charge < -0.3 is 34.3 Å². The molecule has 0 saturated heterocycles. The van der Waals surface area contributed by atoms with E-state index in [0.717, 1.165) is 5.56 Å². The summed E-state index contributed by atoms with van der Waals surface area (Å²) in [5.74, 6) is -1.44. The van der Waals surface area contributed by atoms with Crippen molar-refractivity contribution in [1.82, 2.24) is 4.57 Å². The topological polar surface area (TPSA) is 102 Å². The third-order valence-corrected chi connectivity index (χ3v) is 8.28. The lowest BCUT2D eigenvalue weighted by Crippen LogP contribution is -2.29. The molecule has 2 heterocycles. The van der Waals surface area contributed by atoms with Gasteiger partial charge in [-0.1, -0.05) is 50.2 Å². The first-order valence-corrected chi connectivity index (χ1v) is 14.4. The number of anilines is 1. The number of fused-ring (bicyclic) bond motifs is 2. The second-order valence-electron chi connectivity index (χ2n) is 12.1. The zero-order valence-electron chi connectivity index (χ0n) is 24.3. The number of alkyl halides is 2. The molecule has 0 bridgehead atoms. The molecule has 1 fully saturated rings. The van der Waals surface area contributed by atoms with Gasteiger partial charge in [0.05, 0.1) is 49.1 Å². The minimum absolute atomic E-state index is 0.0432. The molecule has 1 atom stereocenters. The zero-order chi connectivity index (χ0) is 31.3. The van der Waals surface area contributed by atoms with Crippen LogP contribution in [0.5, 0.6) is 11.5 Å². The van der Waals surface area contributed by atoms with E-state index in [9.17, 15) is 23.8 Å². The Morgan fingerprint density at radius 1 is 1.07 bits per heavy atom. The fourth-order valence-electron chi connectivity index (χ4n) is 5.63. The average Bonchev–Trinajstić information content (AvgIpc) is 3.64. The van der Waals surface area contributed by atoms with Gasteiger partial charge >= 0.3 is 6.29 Å². The van der Waals surface area contributed by atoms with E-state index in [1.807, 2.05) is 50.2 Å². The van der Waals surface area contributed by atoms with Gasteiger partial charge in [0.1, 0.15) is 5.82 Å². The van der Waals surface area contributed by atoms with Crippen molar-refractivity contribution in [2.24, 2.45) is 0 Å². The van der Waals surface area contributed by atoms with Gasteiger partial charge in [-0.15, -0.1) is 8.78 Å². The van der Waals surface area contributed by atoms with Crippen LogP contribution in [-0.4, -0.2) is 46.3 Å². The van der Waals surface area contributed by atoms with Crippen molar-refractivity contribution in [3.63, 3.8) is 0 Å². The Balaban J connectivity index is 1.23. The minimum Gasteiger partial charge on any atom is -0.395 e. The van der Waals surface area contributed by atoms with Gasteiger partial charge in [0, 0.05) is 22.6 Å². The molecule has 4 aromatic rings. The van der Waals surface area contributed by atoms with Gasteiger partial charge in [0.2, 0.25) is 5.91 Å². The van der Waals surface area contributed by atoms with E-state index in [1.165, 1.54) is 30.3 Å². The van der Waals surface area contributed by atoms with E-state index in [2.05, 4.69) is 14.8 Å². The number of nitrogens with zero attached hydrogens (tertiary/aromatic N) is 1. The Kier molecular flexibility index (Phi) is 7.59. The molecule has 232 valence electrons. The van der Waals surface area contributed by atoms with Crippen molar-refractivity contribution >= 4 is 22.5 Å². The highest BCUT2D eigenvalue weighted by atomic mass is 19.3. The van der Waals surface area contributed by atoms with Gasteiger partial charge in [0.15, 0.2) is 11.5 Å². The summed E-state index contributed by atoms with van der Waals surface area (Å²) in [4.78, 5) is 13.5. The molecule has 0 spiro atoms. The molecule has 0 radical (unpaired) electrons. The Hall–Kier alpha value is -4.06. The first kappa shape index (κ1) is 30.0. The normalized spacial score (nSPS) is 17.1. The minimum atomic E-state index is -3.77. The number of aliphatic hydroxyl groups excluding tert-OH is 2. The van der Waals surface area contributed by atoms with Crippen molar-refractivity contribution in [2.75, 3.05) is 18.5 Å². The molecule has 3 aromatic carbocycles. The maximum absolute atomic E-state index is 15.6. The fraction of sp³-hybridized carbons (Fsp3) is 0.364.